The van der Waals surface area contributed by atoms with E-state index < -0.39 is 16.4 Å². The lowest BCUT2D eigenvalue weighted by Gasteiger charge is -2.32. The van der Waals surface area contributed by atoms with Crippen molar-refractivity contribution in [2.24, 2.45) is 0 Å². The van der Waals surface area contributed by atoms with Crippen LogP contribution in [0.15, 0.2) is 18.2 Å². The zero-order valence-corrected chi connectivity index (χ0v) is 13.2. The summed E-state index contributed by atoms with van der Waals surface area (Å²) in [7, 11) is -3.81. The van der Waals surface area contributed by atoms with E-state index in [0.29, 0.717) is 11.3 Å². The van der Waals surface area contributed by atoms with Crippen molar-refractivity contribution in [3.63, 3.8) is 0 Å². The van der Waals surface area contributed by atoms with Gasteiger partial charge in [0.2, 0.25) is 0 Å². The third-order valence-corrected chi connectivity index (χ3v) is 5.65. The van der Waals surface area contributed by atoms with Crippen LogP contribution in [0.2, 0.25) is 0 Å². The highest BCUT2D eigenvalue weighted by Crippen LogP contribution is 2.27. The van der Waals surface area contributed by atoms with Gasteiger partial charge in [0.15, 0.2) is 0 Å². The summed E-state index contributed by atoms with van der Waals surface area (Å²) >= 11 is 0. The molecule has 0 N–H and O–H groups in total. The van der Waals surface area contributed by atoms with Crippen molar-refractivity contribution in [1.82, 2.24) is 4.31 Å². The van der Waals surface area contributed by atoms with Crippen LogP contribution < -0.4 is 4.31 Å². The van der Waals surface area contributed by atoms with E-state index in [1.807, 2.05) is 0 Å². The fourth-order valence-corrected chi connectivity index (χ4v) is 4.33. The molecule has 4 nitrogen and oxygen atoms in total. The fraction of sp³-hybridized carbons (Fsp3) is 0.571. The van der Waals surface area contributed by atoms with Gasteiger partial charge in [-0.05, 0) is 51.0 Å². The molecule has 0 aliphatic carbocycles. The maximum atomic E-state index is 13.4. The molecule has 1 unspecified atom stereocenters. The second kappa shape index (κ2) is 5.88. The minimum atomic E-state index is -3.81. The van der Waals surface area contributed by atoms with E-state index in [1.54, 1.807) is 20.8 Å². The molecule has 0 radical (unpaired) electrons. The normalized spacial score (nSPS) is 20.2. The van der Waals surface area contributed by atoms with Gasteiger partial charge >= 0.3 is 10.2 Å². The number of alkyl halides is 1. The van der Waals surface area contributed by atoms with Crippen LogP contribution >= 0.6 is 0 Å². The Bertz CT molecular complexity index is 619. The SMILES string of the molecule is Cc1cc(N(C(C)C)S(=O)(=O)N2CCC(F)C2)ccc1F. The first kappa shape index (κ1) is 16.2. The largest absolute Gasteiger partial charge is 0.304 e. The van der Waals surface area contributed by atoms with Crippen LogP contribution in [0.4, 0.5) is 14.5 Å². The molecule has 1 atom stereocenters. The van der Waals surface area contributed by atoms with E-state index in [1.165, 1.54) is 22.5 Å². The summed E-state index contributed by atoms with van der Waals surface area (Å²) in [4.78, 5) is 0. The standard InChI is InChI=1S/C14H20F2N2O2S/c1-10(2)18(13-4-5-14(16)11(3)8-13)21(19,20)17-7-6-12(15)9-17/h4-5,8,10,12H,6-7,9H2,1-3H3. The summed E-state index contributed by atoms with van der Waals surface area (Å²) in [5, 5.41) is 0. The Morgan fingerprint density at radius 2 is 2.05 bits per heavy atom. The van der Waals surface area contributed by atoms with Crippen molar-refractivity contribution in [1.29, 1.82) is 0 Å². The third kappa shape index (κ3) is 3.18. The molecule has 0 spiro atoms. The average Bonchev–Trinajstić information content (AvgIpc) is 2.80. The molecule has 0 aromatic heterocycles. The monoisotopic (exact) mass is 318 g/mol. The third-order valence-electron chi connectivity index (χ3n) is 3.53. The first-order valence-electron chi connectivity index (χ1n) is 6.93. The molecule has 1 fully saturated rings. The van der Waals surface area contributed by atoms with Crippen LogP contribution in [0, 0.1) is 12.7 Å². The Hall–Kier alpha value is -1.21. The van der Waals surface area contributed by atoms with Crippen molar-refractivity contribution in [3.05, 3.63) is 29.6 Å². The van der Waals surface area contributed by atoms with Crippen LogP contribution in [-0.4, -0.2) is 38.0 Å². The summed E-state index contributed by atoms with van der Waals surface area (Å²) in [6.07, 6.45) is -0.906. The molecule has 21 heavy (non-hydrogen) atoms. The quantitative estimate of drug-likeness (QED) is 0.856. The van der Waals surface area contributed by atoms with Gasteiger partial charge in [-0.25, -0.2) is 8.78 Å². The van der Waals surface area contributed by atoms with Gasteiger partial charge in [0, 0.05) is 19.1 Å². The smallest absolute Gasteiger partial charge is 0.255 e. The topological polar surface area (TPSA) is 40.6 Å². The van der Waals surface area contributed by atoms with Crippen molar-refractivity contribution in [2.75, 3.05) is 17.4 Å². The molecule has 0 bridgehead atoms. The van der Waals surface area contributed by atoms with Gasteiger partial charge < -0.3 is 0 Å². The number of aryl methyl sites for hydroxylation is 1. The maximum Gasteiger partial charge on any atom is 0.304 e. The first-order valence-corrected chi connectivity index (χ1v) is 8.33. The highest BCUT2D eigenvalue weighted by molar-refractivity contribution is 7.90. The molecular weight excluding hydrogens is 298 g/mol. The summed E-state index contributed by atoms with van der Waals surface area (Å²) < 4.78 is 54.5. The Kier molecular flexibility index (Phi) is 4.53. The Balaban J connectivity index is 2.41. The molecule has 1 aromatic rings. The van der Waals surface area contributed by atoms with Crippen LogP contribution in [0.5, 0.6) is 0 Å². The van der Waals surface area contributed by atoms with E-state index in [4.69, 9.17) is 0 Å². The lowest BCUT2D eigenvalue weighted by molar-refractivity contribution is 0.342. The van der Waals surface area contributed by atoms with E-state index >= 15 is 0 Å². The Morgan fingerprint density at radius 3 is 2.52 bits per heavy atom. The second-order valence-corrected chi connectivity index (χ2v) is 7.38. The van der Waals surface area contributed by atoms with Gasteiger partial charge in [0.25, 0.3) is 0 Å². The lowest BCUT2D eigenvalue weighted by Crippen LogP contribution is -2.46. The maximum absolute atomic E-state index is 13.4. The molecule has 1 saturated heterocycles. The van der Waals surface area contributed by atoms with E-state index in [-0.39, 0.29) is 31.4 Å². The minimum Gasteiger partial charge on any atom is -0.255 e. The second-order valence-electron chi connectivity index (χ2n) is 5.57. The zero-order valence-electron chi connectivity index (χ0n) is 12.4. The molecule has 1 aliphatic rings. The highest BCUT2D eigenvalue weighted by atomic mass is 32.2. The van der Waals surface area contributed by atoms with Gasteiger partial charge in [0.05, 0.1) is 5.69 Å². The van der Waals surface area contributed by atoms with Crippen LogP contribution in [0.3, 0.4) is 0 Å². The summed E-state index contributed by atoms with van der Waals surface area (Å²) in [6.45, 7) is 5.11. The van der Waals surface area contributed by atoms with Gasteiger partial charge in [-0.3, -0.25) is 4.31 Å². The zero-order chi connectivity index (χ0) is 15.8. The molecule has 7 heteroatoms. The van der Waals surface area contributed by atoms with Gasteiger partial charge in [-0.15, -0.1) is 0 Å². The van der Waals surface area contributed by atoms with Crippen LogP contribution in [0.1, 0.15) is 25.8 Å². The minimum absolute atomic E-state index is 0.119. The first-order chi connectivity index (χ1) is 9.73. The summed E-state index contributed by atoms with van der Waals surface area (Å²) in [5.41, 5.74) is 0.768. The van der Waals surface area contributed by atoms with Gasteiger partial charge in [-0.1, -0.05) is 0 Å². The van der Waals surface area contributed by atoms with Crippen molar-refractivity contribution in [3.8, 4) is 0 Å². The molecule has 1 heterocycles. The number of benzene rings is 1. The van der Waals surface area contributed by atoms with Crippen molar-refractivity contribution >= 4 is 15.9 Å². The molecular formula is C14H20F2N2O2S. The summed E-state index contributed by atoms with van der Waals surface area (Å²) in [5.74, 6) is -0.384. The lowest BCUT2D eigenvalue weighted by atomic mass is 10.2. The average molecular weight is 318 g/mol. The fourth-order valence-electron chi connectivity index (χ4n) is 2.49. The number of rotatable bonds is 4. The number of hydrogen-bond donors (Lipinski definition) is 0. The predicted molar refractivity (Wildman–Crippen MR) is 78.8 cm³/mol. The van der Waals surface area contributed by atoms with Gasteiger partial charge in [0.1, 0.15) is 12.0 Å². The number of hydrogen-bond acceptors (Lipinski definition) is 2. The van der Waals surface area contributed by atoms with E-state index in [0.717, 1.165) is 4.31 Å². The van der Waals surface area contributed by atoms with Crippen LogP contribution in [0.25, 0.3) is 0 Å². The number of nitrogens with zero attached hydrogens (tertiary/aromatic N) is 2. The number of anilines is 1. The number of halogens is 2. The highest BCUT2D eigenvalue weighted by Gasteiger charge is 2.37. The van der Waals surface area contributed by atoms with Crippen molar-refractivity contribution in [2.45, 2.75) is 39.4 Å². The van der Waals surface area contributed by atoms with Crippen LogP contribution in [-0.2, 0) is 10.2 Å². The Morgan fingerprint density at radius 1 is 1.38 bits per heavy atom. The molecule has 2 rings (SSSR count). The molecule has 1 aromatic carbocycles. The van der Waals surface area contributed by atoms with E-state index in [9.17, 15) is 17.2 Å². The van der Waals surface area contributed by atoms with E-state index in [2.05, 4.69) is 0 Å². The molecule has 1 aliphatic heterocycles. The van der Waals surface area contributed by atoms with Crippen molar-refractivity contribution < 1.29 is 17.2 Å². The molecule has 0 saturated carbocycles. The summed E-state index contributed by atoms with van der Waals surface area (Å²) in [6, 6.07) is 3.83. The molecule has 0 amide bonds. The molecule has 118 valence electrons. The Labute approximate surface area is 124 Å². The predicted octanol–water partition coefficient (Wildman–Crippen LogP) is 2.64. The van der Waals surface area contributed by atoms with Gasteiger partial charge in [-0.2, -0.15) is 12.7 Å².